The number of aromatic nitrogens is 1. The summed E-state index contributed by atoms with van der Waals surface area (Å²) in [7, 11) is 0. The number of carbonyl (C=O) groups is 2. The van der Waals surface area contributed by atoms with Crippen molar-refractivity contribution in [1.29, 1.82) is 0 Å². The minimum Gasteiger partial charge on any atom is -0.299 e. The van der Waals surface area contributed by atoms with Gasteiger partial charge in [-0.25, -0.2) is 0 Å². The Balaban J connectivity index is 1.51. The first-order valence-corrected chi connectivity index (χ1v) is 10.6. The number of pyridine rings is 1. The van der Waals surface area contributed by atoms with Crippen LogP contribution in [0.1, 0.15) is 36.9 Å². The zero-order valence-electron chi connectivity index (χ0n) is 15.7. The summed E-state index contributed by atoms with van der Waals surface area (Å²) in [4.78, 5) is 31.8. The third-order valence-electron chi connectivity index (χ3n) is 6.13. The quantitative estimate of drug-likeness (QED) is 0.738. The number of benzene rings is 1. The largest absolute Gasteiger partial charge is 0.299 e. The van der Waals surface area contributed by atoms with E-state index in [1.807, 2.05) is 18.2 Å². The summed E-state index contributed by atoms with van der Waals surface area (Å²) in [5.41, 5.74) is 1.40. The number of amides is 2. The van der Waals surface area contributed by atoms with E-state index in [0.717, 1.165) is 42.6 Å². The Labute approximate surface area is 173 Å². The van der Waals surface area contributed by atoms with E-state index in [9.17, 15) is 9.59 Å². The van der Waals surface area contributed by atoms with Gasteiger partial charge in [0.25, 0.3) is 0 Å². The van der Waals surface area contributed by atoms with Gasteiger partial charge in [-0.2, -0.15) is 0 Å². The molecular formula is C22H24BrN3O2. The number of carbonyl (C=O) groups excluding carboxylic acids is 2. The van der Waals surface area contributed by atoms with Crippen LogP contribution in [0.4, 0.5) is 0 Å². The molecule has 0 radical (unpaired) electrons. The monoisotopic (exact) mass is 441 g/mol. The highest BCUT2D eigenvalue weighted by molar-refractivity contribution is 9.10. The van der Waals surface area contributed by atoms with Gasteiger partial charge in [0, 0.05) is 23.6 Å². The van der Waals surface area contributed by atoms with Gasteiger partial charge in [-0.1, -0.05) is 34.1 Å². The molecule has 1 aromatic heterocycles. The molecule has 2 aromatic rings. The van der Waals surface area contributed by atoms with Gasteiger partial charge >= 0.3 is 0 Å². The summed E-state index contributed by atoms with van der Waals surface area (Å²) in [6.07, 6.45) is 4.51. The van der Waals surface area contributed by atoms with Gasteiger partial charge in [0.2, 0.25) is 11.8 Å². The van der Waals surface area contributed by atoms with E-state index >= 15 is 0 Å². The fourth-order valence-corrected chi connectivity index (χ4v) is 4.89. The Morgan fingerprint density at radius 3 is 2.50 bits per heavy atom. The number of rotatable bonds is 4. The van der Waals surface area contributed by atoms with E-state index in [4.69, 9.17) is 0 Å². The zero-order chi connectivity index (χ0) is 19.6. The molecule has 3 heterocycles. The van der Waals surface area contributed by atoms with Gasteiger partial charge in [-0.3, -0.25) is 24.8 Å². The molecule has 2 aliphatic heterocycles. The molecule has 0 aliphatic carbocycles. The Bertz CT molecular complexity index is 848. The molecule has 2 aliphatic rings. The number of likely N-dealkylation sites (tertiary alicyclic amines) is 1. The Morgan fingerprint density at radius 1 is 1.11 bits per heavy atom. The maximum absolute atomic E-state index is 13.0. The molecule has 0 spiro atoms. The number of halogens is 1. The second kappa shape index (κ2) is 8.13. The number of hydrogen-bond acceptors (Lipinski definition) is 4. The van der Waals surface area contributed by atoms with Crippen molar-refractivity contribution in [1.82, 2.24) is 15.2 Å². The minimum atomic E-state index is -0.696. The second-order valence-corrected chi connectivity index (χ2v) is 8.66. The number of imide groups is 1. The molecular weight excluding hydrogens is 418 g/mol. The molecule has 2 fully saturated rings. The fraction of sp³-hybridized carbons (Fsp3) is 0.409. The summed E-state index contributed by atoms with van der Waals surface area (Å²) < 4.78 is 1.09. The number of nitrogens with one attached hydrogen (secondary N) is 1. The summed E-state index contributed by atoms with van der Waals surface area (Å²) in [6, 6.07) is 14.2. The van der Waals surface area contributed by atoms with Crippen LogP contribution in [0, 0.1) is 5.92 Å². The van der Waals surface area contributed by atoms with Crippen LogP contribution >= 0.6 is 15.9 Å². The number of piperidine rings is 2. The smallest absolute Gasteiger partial charge is 0.239 e. The summed E-state index contributed by atoms with van der Waals surface area (Å²) >= 11 is 3.48. The van der Waals surface area contributed by atoms with Crippen molar-refractivity contribution < 1.29 is 9.59 Å². The van der Waals surface area contributed by atoms with Gasteiger partial charge in [0.15, 0.2) is 0 Å². The maximum Gasteiger partial charge on any atom is 0.239 e. The van der Waals surface area contributed by atoms with Crippen molar-refractivity contribution in [3.05, 3.63) is 64.4 Å². The first-order chi connectivity index (χ1) is 13.6. The lowest BCUT2D eigenvalue weighted by molar-refractivity contribution is -0.140. The molecule has 1 atom stereocenters. The number of nitrogens with zero attached hydrogens (tertiary/aromatic N) is 2. The zero-order valence-corrected chi connectivity index (χ0v) is 17.3. The molecule has 4 rings (SSSR count). The molecule has 1 aromatic carbocycles. The topological polar surface area (TPSA) is 62.3 Å². The van der Waals surface area contributed by atoms with Crippen molar-refractivity contribution >= 4 is 27.7 Å². The Hall–Kier alpha value is -2.05. The summed E-state index contributed by atoms with van der Waals surface area (Å²) in [5, 5.41) is 2.59. The van der Waals surface area contributed by atoms with Crippen LogP contribution in [0.5, 0.6) is 0 Å². The maximum atomic E-state index is 13.0. The van der Waals surface area contributed by atoms with E-state index in [0.29, 0.717) is 12.8 Å². The standard InChI is InChI=1S/C22H24BrN3O2/c23-18-6-4-16(5-7-18)15-26-13-9-17(10-14-26)22(19-3-1-2-12-24-19)11-8-20(27)25-21(22)28/h1-7,12,17H,8-11,13-15H2,(H,25,27,28). The molecule has 6 heteroatoms. The van der Waals surface area contributed by atoms with Gasteiger partial charge < -0.3 is 0 Å². The first-order valence-electron chi connectivity index (χ1n) is 9.80. The van der Waals surface area contributed by atoms with E-state index in [-0.39, 0.29) is 17.7 Å². The molecule has 28 heavy (non-hydrogen) atoms. The van der Waals surface area contributed by atoms with E-state index in [1.54, 1.807) is 6.20 Å². The second-order valence-electron chi connectivity index (χ2n) is 7.74. The summed E-state index contributed by atoms with van der Waals surface area (Å²) in [6.45, 7) is 2.80. The predicted molar refractivity (Wildman–Crippen MR) is 110 cm³/mol. The Morgan fingerprint density at radius 2 is 1.86 bits per heavy atom. The summed E-state index contributed by atoms with van der Waals surface area (Å²) in [5.74, 6) is -0.158. The van der Waals surface area contributed by atoms with Crippen LogP contribution in [0.3, 0.4) is 0 Å². The SMILES string of the molecule is O=C1CCC(c2ccccn2)(C2CCN(Cc3ccc(Br)cc3)CC2)C(=O)N1. The van der Waals surface area contributed by atoms with E-state index < -0.39 is 5.41 Å². The first kappa shape index (κ1) is 19.3. The van der Waals surface area contributed by atoms with Crippen LogP contribution in [0.2, 0.25) is 0 Å². The van der Waals surface area contributed by atoms with Gasteiger partial charge in [-0.05, 0) is 68.1 Å². The molecule has 0 bridgehead atoms. The van der Waals surface area contributed by atoms with E-state index in [2.05, 4.69) is 55.4 Å². The van der Waals surface area contributed by atoms with Gasteiger partial charge in [-0.15, -0.1) is 0 Å². The van der Waals surface area contributed by atoms with Crippen molar-refractivity contribution in [3.63, 3.8) is 0 Å². The highest BCUT2D eigenvalue weighted by Crippen LogP contribution is 2.43. The van der Waals surface area contributed by atoms with Crippen LogP contribution in [-0.4, -0.2) is 34.8 Å². The Kier molecular flexibility index (Phi) is 5.60. The van der Waals surface area contributed by atoms with Crippen LogP contribution in [-0.2, 0) is 21.5 Å². The molecule has 2 saturated heterocycles. The van der Waals surface area contributed by atoms with Gasteiger partial charge in [0.05, 0.1) is 11.1 Å². The lowest BCUT2D eigenvalue weighted by Gasteiger charge is -2.45. The third kappa shape index (κ3) is 3.76. The average molecular weight is 442 g/mol. The molecule has 2 amide bonds. The molecule has 1 N–H and O–H groups in total. The van der Waals surface area contributed by atoms with Crippen LogP contribution in [0.15, 0.2) is 53.1 Å². The normalized spacial score (nSPS) is 24.2. The van der Waals surface area contributed by atoms with Crippen LogP contribution in [0.25, 0.3) is 0 Å². The van der Waals surface area contributed by atoms with Crippen molar-refractivity contribution in [2.75, 3.05) is 13.1 Å². The molecule has 0 saturated carbocycles. The van der Waals surface area contributed by atoms with Crippen LogP contribution < -0.4 is 5.32 Å². The fourth-order valence-electron chi connectivity index (χ4n) is 4.63. The lowest BCUT2D eigenvalue weighted by atomic mass is 9.64. The third-order valence-corrected chi connectivity index (χ3v) is 6.66. The highest BCUT2D eigenvalue weighted by atomic mass is 79.9. The van der Waals surface area contributed by atoms with Gasteiger partial charge in [0.1, 0.15) is 0 Å². The lowest BCUT2D eigenvalue weighted by Crippen LogP contribution is -2.57. The molecule has 5 nitrogen and oxygen atoms in total. The van der Waals surface area contributed by atoms with Crippen molar-refractivity contribution in [2.24, 2.45) is 5.92 Å². The molecule has 146 valence electrons. The van der Waals surface area contributed by atoms with Crippen molar-refractivity contribution in [3.8, 4) is 0 Å². The highest BCUT2D eigenvalue weighted by Gasteiger charge is 2.51. The van der Waals surface area contributed by atoms with Crippen molar-refractivity contribution in [2.45, 2.75) is 37.6 Å². The number of hydrogen-bond donors (Lipinski definition) is 1. The predicted octanol–water partition coefficient (Wildman–Crippen LogP) is 3.43. The minimum absolute atomic E-state index is 0.172. The average Bonchev–Trinajstić information content (AvgIpc) is 2.72. The molecule has 1 unspecified atom stereocenters. The van der Waals surface area contributed by atoms with E-state index in [1.165, 1.54) is 5.56 Å².